The van der Waals surface area contributed by atoms with E-state index in [1.165, 1.54) is 23.4 Å². The van der Waals surface area contributed by atoms with Gasteiger partial charge in [-0.05, 0) is 67.1 Å². The number of rotatable bonds is 7. The normalized spacial score (nSPS) is 18.0. The van der Waals surface area contributed by atoms with Crippen LogP contribution in [0.3, 0.4) is 0 Å². The molecule has 5 nitrogen and oxygen atoms in total. The smallest absolute Gasteiger partial charge is 0.217 e. The Morgan fingerprint density at radius 3 is 2.58 bits per heavy atom. The number of carbonyl (C=O) groups is 1. The van der Waals surface area contributed by atoms with Crippen LogP contribution in [-0.4, -0.2) is 42.7 Å². The summed E-state index contributed by atoms with van der Waals surface area (Å²) in [5.74, 6) is 0.473. The van der Waals surface area contributed by atoms with Gasteiger partial charge in [-0.1, -0.05) is 19.1 Å². The summed E-state index contributed by atoms with van der Waals surface area (Å²) >= 11 is 0. The van der Waals surface area contributed by atoms with Crippen LogP contribution in [0.5, 0.6) is 5.75 Å². The molecule has 0 radical (unpaired) electrons. The molecule has 4 rings (SSSR count). The second kappa shape index (κ2) is 9.69. The van der Waals surface area contributed by atoms with Crippen molar-refractivity contribution in [1.82, 2.24) is 10.2 Å². The van der Waals surface area contributed by atoms with E-state index in [1.807, 2.05) is 0 Å². The molecular weight excluding hydrogens is 393 g/mol. The van der Waals surface area contributed by atoms with Crippen LogP contribution in [0.25, 0.3) is 0 Å². The Kier molecular flexibility index (Phi) is 6.76. The van der Waals surface area contributed by atoms with Gasteiger partial charge in [0.1, 0.15) is 11.6 Å². The van der Waals surface area contributed by atoms with E-state index < -0.39 is 0 Å². The van der Waals surface area contributed by atoms with Crippen LogP contribution in [0.4, 0.5) is 10.1 Å². The third kappa shape index (κ3) is 5.18. The maximum absolute atomic E-state index is 13.2. The molecule has 1 amide bonds. The fraction of sp³-hybridized carbons (Fsp3) is 0.480. The highest BCUT2D eigenvalue weighted by molar-refractivity contribution is 5.73. The van der Waals surface area contributed by atoms with Gasteiger partial charge < -0.3 is 15.0 Å². The third-order valence-electron chi connectivity index (χ3n) is 6.40. The number of nitrogens with zero attached hydrogens (tertiary/aromatic N) is 2. The molecule has 0 aliphatic carbocycles. The van der Waals surface area contributed by atoms with Crippen LogP contribution >= 0.6 is 0 Å². The molecule has 1 unspecified atom stereocenters. The van der Waals surface area contributed by atoms with E-state index >= 15 is 0 Å². The Balaban J connectivity index is 1.36. The van der Waals surface area contributed by atoms with E-state index in [0.29, 0.717) is 12.6 Å². The Hall–Kier alpha value is -2.60. The van der Waals surface area contributed by atoms with Crippen molar-refractivity contribution in [2.45, 2.75) is 58.3 Å². The molecule has 2 aromatic rings. The highest BCUT2D eigenvalue weighted by atomic mass is 19.1. The first-order valence-electron chi connectivity index (χ1n) is 11.3. The number of ether oxygens (including phenoxy) is 1. The van der Waals surface area contributed by atoms with Crippen LogP contribution in [-0.2, 0) is 17.8 Å². The van der Waals surface area contributed by atoms with Crippen LogP contribution in [0.1, 0.15) is 44.2 Å². The van der Waals surface area contributed by atoms with Crippen molar-refractivity contribution < 1.29 is 13.9 Å². The van der Waals surface area contributed by atoms with Crippen molar-refractivity contribution in [3.63, 3.8) is 0 Å². The summed E-state index contributed by atoms with van der Waals surface area (Å²) in [7, 11) is 0. The second-order valence-electron chi connectivity index (χ2n) is 8.52. The van der Waals surface area contributed by atoms with Gasteiger partial charge in [0.25, 0.3) is 0 Å². The van der Waals surface area contributed by atoms with E-state index in [-0.39, 0.29) is 18.0 Å². The van der Waals surface area contributed by atoms with E-state index in [2.05, 4.69) is 40.2 Å². The Labute approximate surface area is 184 Å². The lowest BCUT2D eigenvalue weighted by Gasteiger charge is -2.41. The number of amides is 1. The predicted molar refractivity (Wildman–Crippen MR) is 121 cm³/mol. The first-order valence-corrected chi connectivity index (χ1v) is 11.3. The molecule has 166 valence electrons. The highest BCUT2D eigenvalue weighted by Gasteiger charge is 2.31. The molecule has 2 aliphatic rings. The van der Waals surface area contributed by atoms with Gasteiger partial charge in [0, 0.05) is 44.8 Å². The lowest BCUT2D eigenvalue weighted by atomic mass is 10.0. The largest absolute Gasteiger partial charge is 0.475 e. The van der Waals surface area contributed by atoms with E-state index in [4.69, 9.17) is 4.74 Å². The maximum Gasteiger partial charge on any atom is 0.217 e. The van der Waals surface area contributed by atoms with Crippen molar-refractivity contribution in [3.05, 3.63) is 59.4 Å². The van der Waals surface area contributed by atoms with Crippen molar-refractivity contribution in [3.8, 4) is 5.75 Å². The van der Waals surface area contributed by atoms with Gasteiger partial charge in [-0.15, -0.1) is 0 Å². The zero-order chi connectivity index (χ0) is 21.8. The molecule has 0 bridgehead atoms. The summed E-state index contributed by atoms with van der Waals surface area (Å²) in [6, 6.07) is 13.4. The van der Waals surface area contributed by atoms with E-state index in [0.717, 1.165) is 56.6 Å². The van der Waals surface area contributed by atoms with Gasteiger partial charge in [-0.25, -0.2) is 4.39 Å². The Bertz CT molecular complexity index is 894. The topological polar surface area (TPSA) is 44.8 Å². The van der Waals surface area contributed by atoms with Crippen LogP contribution in [0.15, 0.2) is 42.5 Å². The molecule has 2 aliphatic heterocycles. The molecule has 0 aromatic heterocycles. The molecular formula is C25H32FN3O2. The summed E-state index contributed by atoms with van der Waals surface area (Å²) in [4.78, 5) is 16.2. The van der Waals surface area contributed by atoms with E-state index in [9.17, 15) is 9.18 Å². The number of anilines is 1. The summed E-state index contributed by atoms with van der Waals surface area (Å²) < 4.78 is 19.3. The maximum atomic E-state index is 13.2. The van der Waals surface area contributed by atoms with Gasteiger partial charge in [0.2, 0.25) is 5.91 Å². The second-order valence-corrected chi connectivity index (χ2v) is 8.52. The predicted octanol–water partition coefficient (Wildman–Crippen LogP) is 4.10. The summed E-state index contributed by atoms with van der Waals surface area (Å²) in [5, 5.41) is 2.90. The van der Waals surface area contributed by atoms with Crippen molar-refractivity contribution in [2.24, 2.45) is 0 Å². The molecule has 1 atom stereocenters. The summed E-state index contributed by atoms with van der Waals surface area (Å²) in [6.45, 7) is 7.30. The van der Waals surface area contributed by atoms with Gasteiger partial charge in [0.15, 0.2) is 6.23 Å². The number of hydrogen-bond acceptors (Lipinski definition) is 4. The molecule has 0 saturated carbocycles. The fourth-order valence-corrected chi connectivity index (χ4v) is 4.74. The molecule has 1 N–H and O–H groups in total. The number of hydrogen-bond donors (Lipinski definition) is 1. The zero-order valence-electron chi connectivity index (χ0n) is 18.4. The standard InChI is InChI=1S/C25H32FN3O2/c1-3-25(31-23-8-6-21(26)7-9-23)28-13-11-22(12-14-28)29-15-10-20-5-4-19(16-24(20)29)17-27-18(2)30/h4-9,16,22,25H,3,10-15,17H2,1-2H3,(H,27,30). The number of piperidine rings is 1. The number of halogens is 1. The summed E-state index contributed by atoms with van der Waals surface area (Å²) in [5.41, 5.74) is 3.88. The van der Waals surface area contributed by atoms with Crippen molar-refractivity contribution in [1.29, 1.82) is 0 Å². The first kappa shape index (κ1) is 21.6. The van der Waals surface area contributed by atoms with Crippen LogP contribution in [0, 0.1) is 5.82 Å². The number of likely N-dealkylation sites (tertiary alicyclic amines) is 1. The van der Waals surface area contributed by atoms with E-state index in [1.54, 1.807) is 19.1 Å². The third-order valence-corrected chi connectivity index (χ3v) is 6.40. The quantitative estimate of drug-likeness (QED) is 0.725. The van der Waals surface area contributed by atoms with Crippen LogP contribution < -0.4 is 15.0 Å². The number of fused-ring (bicyclic) bond motifs is 1. The molecule has 1 saturated heterocycles. The highest BCUT2D eigenvalue weighted by Crippen LogP contribution is 2.34. The SMILES string of the molecule is CCC(Oc1ccc(F)cc1)N1CCC(N2CCc3ccc(CNC(C)=O)cc32)CC1. The Morgan fingerprint density at radius 1 is 1.16 bits per heavy atom. The molecule has 31 heavy (non-hydrogen) atoms. The monoisotopic (exact) mass is 425 g/mol. The minimum atomic E-state index is -0.243. The minimum Gasteiger partial charge on any atom is -0.475 e. The van der Waals surface area contributed by atoms with Gasteiger partial charge in [-0.3, -0.25) is 9.69 Å². The summed E-state index contributed by atoms with van der Waals surface area (Å²) in [6.07, 6.45) is 4.18. The fourth-order valence-electron chi connectivity index (χ4n) is 4.74. The van der Waals surface area contributed by atoms with Crippen molar-refractivity contribution in [2.75, 3.05) is 24.5 Å². The Morgan fingerprint density at radius 2 is 1.90 bits per heavy atom. The lowest BCUT2D eigenvalue weighted by molar-refractivity contribution is -0.119. The molecule has 6 heteroatoms. The van der Waals surface area contributed by atoms with Gasteiger partial charge in [-0.2, -0.15) is 0 Å². The average Bonchev–Trinajstić information content (AvgIpc) is 3.21. The van der Waals surface area contributed by atoms with Crippen LogP contribution in [0.2, 0.25) is 0 Å². The lowest BCUT2D eigenvalue weighted by Crippen LogP contribution is -2.49. The molecule has 0 spiro atoms. The number of benzene rings is 2. The first-order chi connectivity index (χ1) is 15.0. The minimum absolute atomic E-state index is 0.00180. The number of carbonyl (C=O) groups excluding carboxylic acids is 1. The van der Waals surface area contributed by atoms with Gasteiger partial charge in [0.05, 0.1) is 0 Å². The molecule has 1 fully saturated rings. The van der Waals surface area contributed by atoms with Crippen molar-refractivity contribution >= 4 is 11.6 Å². The number of nitrogens with one attached hydrogen (secondary N) is 1. The average molecular weight is 426 g/mol. The molecule has 2 heterocycles. The van der Waals surface area contributed by atoms with Gasteiger partial charge >= 0.3 is 0 Å². The zero-order valence-corrected chi connectivity index (χ0v) is 18.4. The molecule has 2 aromatic carbocycles.